The van der Waals surface area contributed by atoms with Crippen LogP contribution in [0.15, 0.2) is 36.4 Å². The maximum Gasteiger partial charge on any atom is 0.255 e. The van der Waals surface area contributed by atoms with Gasteiger partial charge in [-0.25, -0.2) is 0 Å². The van der Waals surface area contributed by atoms with Crippen molar-refractivity contribution in [2.75, 3.05) is 6.54 Å². The molecule has 0 aliphatic heterocycles. The van der Waals surface area contributed by atoms with Crippen molar-refractivity contribution in [1.82, 2.24) is 5.32 Å². The van der Waals surface area contributed by atoms with Crippen molar-refractivity contribution in [1.29, 1.82) is 0 Å². The molecule has 0 radical (unpaired) electrons. The summed E-state index contributed by atoms with van der Waals surface area (Å²) in [7, 11) is 0. The molecule has 1 fully saturated rings. The Balaban J connectivity index is 1.68. The topological polar surface area (TPSA) is 49.3 Å². The number of rotatable bonds is 4. The molecule has 2 N–H and O–H groups in total. The zero-order valence-electron chi connectivity index (χ0n) is 12.1. The average Bonchev–Trinajstić information content (AvgIpc) is 3.01. The van der Waals surface area contributed by atoms with Gasteiger partial charge in [0.25, 0.3) is 5.91 Å². The number of benzene rings is 2. The minimum Gasteiger partial charge on any atom is -0.506 e. The molecule has 1 aliphatic carbocycles. The second kappa shape index (κ2) is 6.17. The predicted molar refractivity (Wildman–Crippen MR) is 84.5 cm³/mol. The Kier molecular flexibility index (Phi) is 4.09. The molecule has 21 heavy (non-hydrogen) atoms. The lowest BCUT2D eigenvalue weighted by Gasteiger charge is -2.11. The Bertz CT molecular complexity index is 645. The van der Waals surface area contributed by atoms with Crippen LogP contribution in [-0.2, 0) is 0 Å². The Morgan fingerprint density at radius 3 is 2.71 bits per heavy atom. The molecule has 2 aromatic carbocycles. The lowest BCUT2D eigenvalue weighted by atomic mass is 10.0. The minimum absolute atomic E-state index is 0.0754. The number of fused-ring (bicyclic) bond motifs is 1. The SMILES string of the molecule is O=C(NCCC1CCCC1)c1ccc2ccccc2c1O. The van der Waals surface area contributed by atoms with E-state index in [4.69, 9.17) is 0 Å². The van der Waals surface area contributed by atoms with E-state index >= 15 is 0 Å². The van der Waals surface area contributed by atoms with E-state index in [1.54, 1.807) is 6.07 Å². The molecule has 2 aromatic rings. The number of carbonyl (C=O) groups is 1. The number of amides is 1. The van der Waals surface area contributed by atoms with Gasteiger partial charge < -0.3 is 10.4 Å². The maximum atomic E-state index is 12.2. The van der Waals surface area contributed by atoms with Crippen molar-refractivity contribution in [3.63, 3.8) is 0 Å². The zero-order chi connectivity index (χ0) is 14.7. The van der Waals surface area contributed by atoms with E-state index in [0.717, 1.165) is 23.1 Å². The summed E-state index contributed by atoms with van der Waals surface area (Å²) in [6, 6.07) is 11.1. The molecule has 3 nitrogen and oxygen atoms in total. The number of aromatic hydroxyl groups is 1. The Morgan fingerprint density at radius 1 is 1.14 bits per heavy atom. The third-order valence-corrected chi connectivity index (χ3v) is 4.46. The van der Waals surface area contributed by atoms with Crippen molar-refractivity contribution in [2.24, 2.45) is 5.92 Å². The summed E-state index contributed by atoms with van der Waals surface area (Å²) in [5.74, 6) is 0.651. The molecule has 1 aliphatic rings. The molecule has 0 unspecified atom stereocenters. The Hall–Kier alpha value is -2.03. The molecule has 0 saturated heterocycles. The van der Waals surface area contributed by atoms with Crippen LogP contribution in [0.3, 0.4) is 0 Å². The van der Waals surface area contributed by atoms with Crippen LogP contribution in [0, 0.1) is 5.92 Å². The van der Waals surface area contributed by atoms with Crippen LogP contribution in [0.2, 0.25) is 0 Å². The Morgan fingerprint density at radius 2 is 1.90 bits per heavy atom. The normalized spacial score (nSPS) is 15.4. The standard InChI is InChI=1S/C18H21NO2/c20-17-15-8-4-3-7-14(15)9-10-16(17)18(21)19-12-11-13-5-1-2-6-13/h3-4,7-10,13,20H,1-2,5-6,11-12H2,(H,19,21). The van der Waals surface area contributed by atoms with Gasteiger partial charge in [-0.1, -0.05) is 56.0 Å². The third-order valence-electron chi connectivity index (χ3n) is 4.46. The summed E-state index contributed by atoms with van der Waals surface area (Å²) in [6.07, 6.45) is 6.27. The smallest absolute Gasteiger partial charge is 0.255 e. The van der Waals surface area contributed by atoms with Crippen LogP contribution in [0.25, 0.3) is 10.8 Å². The van der Waals surface area contributed by atoms with Crippen LogP contribution >= 0.6 is 0 Å². The highest BCUT2D eigenvalue weighted by molar-refractivity contribution is 6.03. The lowest BCUT2D eigenvalue weighted by molar-refractivity contribution is 0.0949. The number of phenols is 1. The number of hydrogen-bond acceptors (Lipinski definition) is 2. The van der Waals surface area contributed by atoms with Gasteiger partial charge in [-0.3, -0.25) is 4.79 Å². The number of carbonyl (C=O) groups excluding carboxylic acids is 1. The minimum atomic E-state index is -0.184. The van der Waals surface area contributed by atoms with Crippen LogP contribution in [0.4, 0.5) is 0 Å². The third kappa shape index (κ3) is 3.02. The van der Waals surface area contributed by atoms with Gasteiger partial charge in [-0.05, 0) is 23.8 Å². The molecule has 3 heteroatoms. The van der Waals surface area contributed by atoms with Crippen molar-refractivity contribution >= 4 is 16.7 Å². The van der Waals surface area contributed by atoms with Crippen molar-refractivity contribution < 1.29 is 9.90 Å². The van der Waals surface area contributed by atoms with Crippen molar-refractivity contribution in [3.05, 3.63) is 42.0 Å². The first kappa shape index (κ1) is 13.9. The number of phenolic OH excluding ortho intramolecular Hbond substituents is 1. The van der Waals surface area contributed by atoms with E-state index in [2.05, 4.69) is 5.32 Å². The summed E-state index contributed by atoms with van der Waals surface area (Å²) >= 11 is 0. The van der Waals surface area contributed by atoms with Gasteiger partial charge in [-0.15, -0.1) is 0 Å². The maximum absolute atomic E-state index is 12.2. The van der Waals surface area contributed by atoms with Gasteiger partial charge in [0.2, 0.25) is 0 Å². The first-order chi connectivity index (χ1) is 10.3. The van der Waals surface area contributed by atoms with E-state index in [0.29, 0.717) is 12.1 Å². The first-order valence-electron chi connectivity index (χ1n) is 7.74. The molecule has 110 valence electrons. The second-order valence-electron chi connectivity index (χ2n) is 5.88. The second-order valence-corrected chi connectivity index (χ2v) is 5.88. The molecule has 0 bridgehead atoms. The molecule has 3 rings (SSSR count). The van der Waals surface area contributed by atoms with Gasteiger partial charge in [0.15, 0.2) is 0 Å². The quantitative estimate of drug-likeness (QED) is 0.895. The molecule has 0 heterocycles. The average molecular weight is 283 g/mol. The molecule has 0 atom stereocenters. The van der Waals surface area contributed by atoms with Gasteiger partial charge >= 0.3 is 0 Å². The molecular weight excluding hydrogens is 262 g/mol. The molecular formula is C18H21NO2. The molecule has 1 saturated carbocycles. The highest BCUT2D eigenvalue weighted by Gasteiger charge is 2.16. The Labute approximate surface area is 125 Å². The van der Waals surface area contributed by atoms with Crippen LogP contribution in [-0.4, -0.2) is 17.6 Å². The monoisotopic (exact) mass is 283 g/mol. The van der Waals surface area contributed by atoms with Crippen LogP contribution in [0.5, 0.6) is 5.75 Å². The van der Waals surface area contributed by atoms with Crippen LogP contribution < -0.4 is 5.32 Å². The van der Waals surface area contributed by atoms with E-state index in [-0.39, 0.29) is 11.7 Å². The van der Waals surface area contributed by atoms with Gasteiger partial charge in [-0.2, -0.15) is 0 Å². The highest BCUT2D eigenvalue weighted by Crippen LogP contribution is 2.29. The molecule has 0 aromatic heterocycles. The fraction of sp³-hybridized carbons (Fsp3) is 0.389. The molecule has 0 spiro atoms. The van der Waals surface area contributed by atoms with E-state index < -0.39 is 0 Å². The summed E-state index contributed by atoms with van der Waals surface area (Å²) < 4.78 is 0. The van der Waals surface area contributed by atoms with Crippen molar-refractivity contribution in [3.8, 4) is 5.75 Å². The van der Waals surface area contributed by atoms with Gasteiger partial charge in [0.05, 0.1) is 5.56 Å². The summed E-state index contributed by atoms with van der Waals surface area (Å²) in [5.41, 5.74) is 0.361. The summed E-state index contributed by atoms with van der Waals surface area (Å²) in [5, 5.41) is 14.9. The largest absolute Gasteiger partial charge is 0.506 e. The van der Waals surface area contributed by atoms with E-state index in [1.165, 1.54) is 25.7 Å². The number of nitrogens with one attached hydrogen (secondary N) is 1. The fourth-order valence-corrected chi connectivity index (χ4v) is 3.22. The predicted octanol–water partition coefficient (Wildman–Crippen LogP) is 3.86. The summed E-state index contributed by atoms with van der Waals surface area (Å²) in [4.78, 5) is 12.2. The number of hydrogen-bond donors (Lipinski definition) is 2. The fourth-order valence-electron chi connectivity index (χ4n) is 3.22. The van der Waals surface area contributed by atoms with Crippen molar-refractivity contribution in [2.45, 2.75) is 32.1 Å². The molecule has 1 amide bonds. The van der Waals surface area contributed by atoms with Gasteiger partial charge in [0.1, 0.15) is 5.75 Å². The van der Waals surface area contributed by atoms with Gasteiger partial charge in [0, 0.05) is 11.9 Å². The first-order valence-corrected chi connectivity index (χ1v) is 7.74. The van der Waals surface area contributed by atoms with E-state index in [9.17, 15) is 9.90 Å². The summed E-state index contributed by atoms with van der Waals surface area (Å²) in [6.45, 7) is 0.690. The highest BCUT2D eigenvalue weighted by atomic mass is 16.3. The van der Waals surface area contributed by atoms with E-state index in [1.807, 2.05) is 30.3 Å². The zero-order valence-corrected chi connectivity index (χ0v) is 12.1. The van der Waals surface area contributed by atoms with Crippen LogP contribution in [0.1, 0.15) is 42.5 Å². The lowest BCUT2D eigenvalue weighted by Crippen LogP contribution is -2.25.